The smallest absolute Gasteiger partial charge is 0.327 e. The lowest BCUT2D eigenvalue weighted by Crippen LogP contribution is -2.45. The summed E-state index contributed by atoms with van der Waals surface area (Å²) in [5, 5.41) is 18.0. The molecule has 1 amide bonds. The molecule has 120 valence electrons. The first-order valence-corrected chi connectivity index (χ1v) is 7.80. The van der Waals surface area contributed by atoms with Crippen LogP contribution in [-0.2, 0) is 14.4 Å². The normalized spacial score (nSPS) is 17.6. The van der Waals surface area contributed by atoms with E-state index >= 15 is 0 Å². The van der Waals surface area contributed by atoms with Crippen molar-refractivity contribution in [3.05, 3.63) is 40.3 Å². The van der Waals surface area contributed by atoms with E-state index in [0.29, 0.717) is 0 Å². The first-order valence-electron chi connectivity index (χ1n) is 6.58. The summed E-state index contributed by atoms with van der Waals surface area (Å²) in [5.74, 6) is -3.30. The number of aliphatic carboxylic acids is 2. The highest BCUT2D eigenvalue weighted by molar-refractivity contribution is 8.26. The predicted octanol–water partition coefficient (Wildman–Crippen LogP) is 2.12. The number of rotatable bonds is 5. The van der Waals surface area contributed by atoms with Gasteiger partial charge in [0, 0.05) is 0 Å². The zero-order valence-electron chi connectivity index (χ0n) is 12.1. The minimum atomic E-state index is -1.51. The van der Waals surface area contributed by atoms with Crippen LogP contribution in [0.3, 0.4) is 0 Å². The Bertz CT molecular complexity index is 711. The topological polar surface area (TPSA) is 94.9 Å². The standard InChI is InChI=1S/C15H13NO5S2/c1-8-2-4-9(5-3-8)6-11-13(19)16(15(22)23-11)10(14(20)21)7-12(17)18/h2-6,10H,7H2,1H3,(H,17,18)(H,20,21)/b11-6-. The first-order chi connectivity index (χ1) is 10.8. The first kappa shape index (κ1) is 17.2. The number of benzene rings is 1. The van der Waals surface area contributed by atoms with Crippen LogP contribution in [-0.4, -0.2) is 43.3 Å². The van der Waals surface area contributed by atoms with E-state index in [2.05, 4.69) is 0 Å². The van der Waals surface area contributed by atoms with Crippen molar-refractivity contribution in [1.82, 2.24) is 4.90 Å². The zero-order chi connectivity index (χ0) is 17.1. The molecule has 1 saturated heterocycles. The Morgan fingerprint density at radius 2 is 1.91 bits per heavy atom. The summed E-state index contributed by atoms with van der Waals surface area (Å²) < 4.78 is 0.0435. The van der Waals surface area contributed by atoms with E-state index in [0.717, 1.165) is 27.8 Å². The number of carbonyl (C=O) groups is 3. The molecule has 1 unspecified atom stereocenters. The summed E-state index contributed by atoms with van der Waals surface area (Å²) in [6.45, 7) is 1.94. The lowest BCUT2D eigenvalue weighted by Gasteiger charge is -2.21. The summed E-state index contributed by atoms with van der Waals surface area (Å²) in [7, 11) is 0. The van der Waals surface area contributed by atoms with Gasteiger partial charge in [0.2, 0.25) is 0 Å². The maximum Gasteiger partial charge on any atom is 0.327 e. The molecule has 1 atom stereocenters. The van der Waals surface area contributed by atoms with E-state index in [1.165, 1.54) is 0 Å². The second kappa shape index (κ2) is 6.93. The predicted molar refractivity (Wildman–Crippen MR) is 89.9 cm³/mol. The Labute approximate surface area is 141 Å². The molecule has 0 radical (unpaired) electrons. The summed E-state index contributed by atoms with van der Waals surface area (Å²) in [6, 6.07) is 5.92. The summed E-state index contributed by atoms with van der Waals surface area (Å²) >= 11 is 6.02. The van der Waals surface area contributed by atoms with Crippen molar-refractivity contribution < 1.29 is 24.6 Å². The number of carboxylic acid groups (broad SMARTS) is 2. The fraction of sp³-hybridized carbons (Fsp3) is 0.200. The minimum absolute atomic E-state index is 0.0435. The molecule has 2 N–H and O–H groups in total. The number of carboxylic acids is 2. The number of hydrogen-bond acceptors (Lipinski definition) is 5. The van der Waals surface area contributed by atoms with E-state index < -0.39 is 30.3 Å². The molecule has 1 aliphatic rings. The van der Waals surface area contributed by atoms with Gasteiger partial charge in [-0.05, 0) is 18.6 Å². The molecule has 8 heteroatoms. The highest BCUT2D eigenvalue weighted by atomic mass is 32.2. The van der Waals surface area contributed by atoms with Gasteiger partial charge in [0.1, 0.15) is 10.4 Å². The molecule has 1 aromatic rings. The van der Waals surface area contributed by atoms with Crippen molar-refractivity contribution in [2.75, 3.05) is 0 Å². The molecule has 0 aromatic heterocycles. The molecule has 1 heterocycles. The molecule has 0 bridgehead atoms. The number of aryl methyl sites for hydroxylation is 1. The van der Waals surface area contributed by atoms with E-state index in [1.807, 2.05) is 31.2 Å². The van der Waals surface area contributed by atoms with E-state index in [-0.39, 0.29) is 9.23 Å². The van der Waals surface area contributed by atoms with Crippen molar-refractivity contribution in [2.45, 2.75) is 19.4 Å². The van der Waals surface area contributed by atoms with Crippen LogP contribution in [0.25, 0.3) is 6.08 Å². The average molecular weight is 351 g/mol. The Morgan fingerprint density at radius 1 is 1.30 bits per heavy atom. The van der Waals surface area contributed by atoms with E-state index in [4.69, 9.17) is 17.3 Å². The summed E-state index contributed by atoms with van der Waals surface area (Å²) in [6.07, 6.45) is 0.901. The van der Waals surface area contributed by atoms with Gasteiger partial charge in [0.25, 0.3) is 5.91 Å². The van der Waals surface area contributed by atoms with Crippen molar-refractivity contribution in [1.29, 1.82) is 0 Å². The second-order valence-corrected chi connectivity index (χ2v) is 6.59. The third-order valence-corrected chi connectivity index (χ3v) is 4.49. The van der Waals surface area contributed by atoms with Gasteiger partial charge in [-0.2, -0.15) is 0 Å². The highest BCUT2D eigenvalue weighted by Crippen LogP contribution is 2.34. The van der Waals surface area contributed by atoms with Crippen LogP contribution >= 0.6 is 24.0 Å². The van der Waals surface area contributed by atoms with Crippen LogP contribution < -0.4 is 0 Å². The molecular formula is C15H13NO5S2. The molecule has 1 fully saturated rings. The van der Waals surface area contributed by atoms with Crippen LogP contribution in [0.1, 0.15) is 17.5 Å². The van der Waals surface area contributed by atoms with Gasteiger partial charge < -0.3 is 10.2 Å². The Kier molecular flexibility index (Phi) is 5.17. The third-order valence-electron chi connectivity index (χ3n) is 3.16. The van der Waals surface area contributed by atoms with Gasteiger partial charge in [-0.25, -0.2) is 4.79 Å². The lowest BCUT2D eigenvalue weighted by molar-refractivity contribution is -0.150. The second-order valence-electron chi connectivity index (χ2n) is 4.91. The SMILES string of the molecule is Cc1ccc(/C=C2\SC(=S)N(C(CC(=O)O)C(=O)O)C2=O)cc1. The number of nitrogens with zero attached hydrogens (tertiary/aromatic N) is 1. The highest BCUT2D eigenvalue weighted by Gasteiger charge is 2.41. The Morgan fingerprint density at radius 3 is 2.43 bits per heavy atom. The number of hydrogen-bond donors (Lipinski definition) is 2. The lowest BCUT2D eigenvalue weighted by atomic mass is 10.1. The van der Waals surface area contributed by atoms with Crippen LogP contribution in [0.2, 0.25) is 0 Å². The number of amides is 1. The van der Waals surface area contributed by atoms with Crippen molar-refractivity contribution in [3.63, 3.8) is 0 Å². The molecule has 1 aliphatic heterocycles. The quantitative estimate of drug-likeness (QED) is 0.620. The van der Waals surface area contributed by atoms with Gasteiger partial charge in [-0.1, -0.05) is 53.8 Å². The van der Waals surface area contributed by atoms with E-state index in [9.17, 15) is 19.5 Å². The van der Waals surface area contributed by atoms with E-state index in [1.54, 1.807) is 6.08 Å². The van der Waals surface area contributed by atoms with Crippen molar-refractivity contribution in [3.8, 4) is 0 Å². The molecule has 0 saturated carbocycles. The Balaban J connectivity index is 2.30. The average Bonchev–Trinajstić information content (AvgIpc) is 2.73. The fourth-order valence-electron chi connectivity index (χ4n) is 2.02. The van der Waals surface area contributed by atoms with Gasteiger partial charge in [-0.15, -0.1) is 0 Å². The zero-order valence-corrected chi connectivity index (χ0v) is 13.7. The van der Waals surface area contributed by atoms with Gasteiger partial charge in [0.05, 0.1) is 11.3 Å². The summed E-state index contributed by atoms with van der Waals surface area (Å²) in [5.41, 5.74) is 1.85. The van der Waals surface area contributed by atoms with Gasteiger partial charge in [0.15, 0.2) is 0 Å². The van der Waals surface area contributed by atoms with Crippen LogP contribution in [0.4, 0.5) is 0 Å². The molecule has 23 heavy (non-hydrogen) atoms. The number of carbonyl (C=O) groups excluding carboxylic acids is 1. The Hall–Kier alpha value is -2.19. The molecule has 6 nitrogen and oxygen atoms in total. The van der Waals surface area contributed by atoms with Crippen LogP contribution in [0, 0.1) is 6.92 Å². The minimum Gasteiger partial charge on any atom is -0.481 e. The molecule has 2 rings (SSSR count). The van der Waals surface area contributed by atoms with Gasteiger partial charge in [-0.3, -0.25) is 14.5 Å². The van der Waals surface area contributed by atoms with Gasteiger partial charge >= 0.3 is 11.9 Å². The van der Waals surface area contributed by atoms with Crippen molar-refractivity contribution >= 4 is 52.2 Å². The monoisotopic (exact) mass is 351 g/mol. The molecule has 0 aliphatic carbocycles. The maximum atomic E-state index is 12.4. The maximum absolute atomic E-state index is 12.4. The number of thiocarbonyl (C=S) groups is 1. The molecule has 0 spiro atoms. The largest absolute Gasteiger partial charge is 0.481 e. The summed E-state index contributed by atoms with van der Waals surface area (Å²) in [4.78, 5) is 35.6. The number of thioether (sulfide) groups is 1. The molecular weight excluding hydrogens is 338 g/mol. The van der Waals surface area contributed by atoms with Crippen LogP contribution in [0.15, 0.2) is 29.2 Å². The fourth-order valence-corrected chi connectivity index (χ4v) is 3.37. The molecule has 1 aromatic carbocycles. The van der Waals surface area contributed by atoms with Crippen LogP contribution in [0.5, 0.6) is 0 Å². The third kappa shape index (κ3) is 3.96. The van der Waals surface area contributed by atoms with Crippen molar-refractivity contribution in [2.24, 2.45) is 0 Å².